The maximum atomic E-state index is 11.5. The van der Waals surface area contributed by atoms with E-state index >= 15 is 0 Å². The Labute approximate surface area is 43.5 Å². The summed E-state index contributed by atoms with van der Waals surface area (Å²) in [6.45, 7) is 0.257. The first kappa shape index (κ1) is 7.68. The molecule has 0 aromatic heterocycles. The maximum absolute atomic E-state index is 11.5. The first-order valence-corrected chi connectivity index (χ1v) is 1.79. The van der Waals surface area contributed by atoms with Crippen molar-refractivity contribution in [1.29, 1.82) is 0 Å². The second-order valence-electron chi connectivity index (χ2n) is 1.57. The van der Waals surface area contributed by atoms with Crippen LogP contribution < -0.4 is 5.73 Å². The lowest BCUT2D eigenvalue weighted by Gasteiger charge is -2.16. The molecule has 0 saturated carbocycles. The van der Waals surface area contributed by atoms with Crippen LogP contribution in [0.5, 0.6) is 0 Å². The first-order chi connectivity index (χ1) is 3.25. The molecule has 5 heteroatoms. The van der Waals surface area contributed by atoms with Crippen LogP contribution in [-0.4, -0.2) is 12.0 Å². The molecule has 1 atom stereocenters. The van der Waals surface area contributed by atoms with Crippen molar-refractivity contribution < 1.29 is 17.6 Å². The topological polar surface area (TPSA) is 26.0 Å². The fourth-order valence-corrected chi connectivity index (χ4v) is 0. The van der Waals surface area contributed by atoms with E-state index in [1.807, 2.05) is 0 Å². The zero-order valence-electron chi connectivity index (χ0n) is 4.09. The van der Waals surface area contributed by atoms with Crippen molar-refractivity contribution in [3.63, 3.8) is 0 Å². The maximum Gasteiger partial charge on any atom is 0.435 e. The molecule has 0 heterocycles. The molecule has 0 bridgehead atoms. The summed E-state index contributed by atoms with van der Waals surface area (Å²) in [4.78, 5) is 0. The summed E-state index contributed by atoms with van der Waals surface area (Å²) in [5.74, 6) is -3.56. The fourth-order valence-electron chi connectivity index (χ4n) is 0. The number of halogens is 4. The van der Waals surface area contributed by atoms with Crippen molar-refractivity contribution in [2.45, 2.75) is 18.9 Å². The molecule has 0 amide bonds. The number of nitrogens with two attached hydrogens (primary N) is 1. The minimum atomic E-state index is -4.95. The highest BCUT2D eigenvalue weighted by molar-refractivity contribution is 4.73. The largest absolute Gasteiger partial charge is 0.435 e. The van der Waals surface area contributed by atoms with Gasteiger partial charge in [-0.05, 0) is 6.92 Å². The van der Waals surface area contributed by atoms with Crippen molar-refractivity contribution in [1.82, 2.24) is 0 Å². The molecule has 0 spiro atoms. The van der Waals surface area contributed by atoms with Crippen LogP contribution in [0.2, 0.25) is 0 Å². The van der Waals surface area contributed by atoms with Crippen LogP contribution >= 0.6 is 0 Å². The third-order valence-electron chi connectivity index (χ3n) is 0.554. The Morgan fingerprint density at radius 2 is 1.25 bits per heavy atom. The molecule has 1 nitrogen and oxygen atoms in total. The summed E-state index contributed by atoms with van der Waals surface area (Å²) < 4.78 is 44.7. The van der Waals surface area contributed by atoms with E-state index in [2.05, 4.69) is 5.73 Å². The molecular weight excluding hydrogens is 126 g/mol. The van der Waals surface area contributed by atoms with E-state index in [1.54, 1.807) is 0 Å². The minimum absolute atomic E-state index is 0.257. The van der Waals surface area contributed by atoms with E-state index in [1.165, 1.54) is 0 Å². The third-order valence-corrected chi connectivity index (χ3v) is 0.554. The molecular formula is C3H5F4N. The normalized spacial score (nSPS) is 20.2. The number of hydrogen-bond acceptors (Lipinski definition) is 1. The van der Waals surface area contributed by atoms with Crippen molar-refractivity contribution in [2.75, 3.05) is 0 Å². The first-order valence-electron chi connectivity index (χ1n) is 1.79. The highest BCUT2D eigenvalue weighted by Crippen LogP contribution is 2.28. The van der Waals surface area contributed by atoms with Gasteiger partial charge >= 0.3 is 6.18 Å². The van der Waals surface area contributed by atoms with Gasteiger partial charge in [0, 0.05) is 0 Å². The van der Waals surface area contributed by atoms with E-state index in [-0.39, 0.29) is 6.92 Å². The van der Waals surface area contributed by atoms with Crippen LogP contribution in [0.3, 0.4) is 0 Å². The standard InChI is InChI=1S/C3H5F4N/c1-2(4,8)3(5,6)7/h8H2,1H3. The molecule has 0 rings (SSSR count). The molecule has 2 N–H and O–H groups in total. The van der Waals surface area contributed by atoms with Crippen LogP contribution in [0.15, 0.2) is 0 Å². The van der Waals surface area contributed by atoms with E-state index in [0.717, 1.165) is 0 Å². The molecule has 1 unspecified atom stereocenters. The zero-order valence-corrected chi connectivity index (χ0v) is 4.09. The lowest BCUT2D eigenvalue weighted by Crippen LogP contribution is -2.46. The van der Waals surface area contributed by atoms with Crippen LogP contribution in [-0.2, 0) is 0 Å². The van der Waals surface area contributed by atoms with Crippen LogP contribution in [0, 0.1) is 0 Å². The Bertz CT molecular complexity index is 66.3. The highest BCUT2D eigenvalue weighted by Gasteiger charge is 2.48. The molecule has 0 radical (unpaired) electrons. The Hall–Kier alpha value is -0.320. The Morgan fingerprint density at radius 1 is 1.12 bits per heavy atom. The second kappa shape index (κ2) is 1.58. The monoisotopic (exact) mass is 131 g/mol. The molecule has 0 aromatic rings. The highest BCUT2D eigenvalue weighted by atomic mass is 19.4. The van der Waals surface area contributed by atoms with Crippen LogP contribution in [0.4, 0.5) is 17.6 Å². The second-order valence-corrected chi connectivity index (χ2v) is 1.57. The van der Waals surface area contributed by atoms with E-state index < -0.39 is 12.0 Å². The summed E-state index contributed by atoms with van der Waals surface area (Å²) >= 11 is 0. The van der Waals surface area contributed by atoms with Crippen molar-refractivity contribution in [3.8, 4) is 0 Å². The van der Waals surface area contributed by atoms with Crippen molar-refractivity contribution in [3.05, 3.63) is 0 Å². The molecule has 0 aliphatic heterocycles. The quantitative estimate of drug-likeness (QED) is 0.388. The average molecular weight is 131 g/mol. The number of alkyl halides is 4. The van der Waals surface area contributed by atoms with Gasteiger partial charge in [-0.15, -0.1) is 0 Å². The lowest BCUT2D eigenvalue weighted by atomic mass is 10.3. The van der Waals surface area contributed by atoms with Gasteiger partial charge in [0.15, 0.2) is 0 Å². The predicted molar refractivity (Wildman–Crippen MR) is 19.8 cm³/mol. The van der Waals surface area contributed by atoms with Gasteiger partial charge in [0.05, 0.1) is 0 Å². The summed E-state index contributed by atoms with van der Waals surface area (Å²) in [5.41, 5.74) is 4.02. The number of hydrogen-bond donors (Lipinski definition) is 1. The van der Waals surface area contributed by atoms with E-state index in [4.69, 9.17) is 0 Å². The van der Waals surface area contributed by atoms with E-state index in [9.17, 15) is 17.6 Å². The predicted octanol–water partition coefficient (Wildman–Crippen LogP) is 1.19. The SMILES string of the molecule is CC(N)(F)C(F)(F)F. The fraction of sp³-hybridized carbons (Fsp3) is 1.00. The number of rotatable bonds is 0. The van der Waals surface area contributed by atoms with Gasteiger partial charge in [0.25, 0.3) is 5.79 Å². The van der Waals surface area contributed by atoms with Gasteiger partial charge in [-0.1, -0.05) is 0 Å². The smallest absolute Gasteiger partial charge is 0.292 e. The summed E-state index contributed by atoms with van der Waals surface area (Å²) in [5, 5.41) is 0. The molecule has 0 saturated heterocycles. The molecule has 0 aliphatic rings. The zero-order chi connectivity index (χ0) is 7.00. The van der Waals surface area contributed by atoms with Gasteiger partial charge < -0.3 is 0 Å². The van der Waals surface area contributed by atoms with Crippen molar-refractivity contribution in [2.24, 2.45) is 5.73 Å². The summed E-state index contributed by atoms with van der Waals surface area (Å²) in [7, 11) is 0. The van der Waals surface area contributed by atoms with Crippen LogP contribution in [0.25, 0.3) is 0 Å². The van der Waals surface area contributed by atoms with Crippen molar-refractivity contribution >= 4 is 0 Å². The Kier molecular flexibility index (Phi) is 1.52. The lowest BCUT2D eigenvalue weighted by molar-refractivity contribution is -0.221. The van der Waals surface area contributed by atoms with E-state index in [0.29, 0.717) is 0 Å². The Morgan fingerprint density at radius 3 is 1.25 bits per heavy atom. The van der Waals surface area contributed by atoms with Gasteiger partial charge in [-0.2, -0.15) is 13.2 Å². The summed E-state index contributed by atoms with van der Waals surface area (Å²) in [6, 6.07) is 0. The Balaban J connectivity index is 4.02. The minimum Gasteiger partial charge on any atom is -0.292 e. The van der Waals surface area contributed by atoms with Crippen LogP contribution in [0.1, 0.15) is 6.92 Å². The average Bonchev–Trinajstić information content (AvgIpc) is 1.25. The van der Waals surface area contributed by atoms with Gasteiger partial charge in [0.1, 0.15) is 0 Å². The molecule has 50 valence electrons. The molecule has 8 heavy (non-hydrogen) atoms. The molecule has 0 aliphatic carbocycles. The summed E-state index contributed by atoms with van der Waals surface area (Å²) in [6.07, 6.45) is -4.95. The van der Waals surface area contributed by atoms with Gasteiger partial charge in [0.2, 0.25) is 0 Å². The van der Waals surface area contributed by atoms with Gasteiger partial charge in [-0.3, -0.25) is 5.73 Å². The molecule has 0 aromatic carbocycles. The third kappa shape index (κ3) is 1.65. The van der Waals surface area contributed by atoms with Gasteiger partial charge in [-0.25, -0.2) is 4.39 Å². The molecule has 0 fully saturated rings.